The predicted molar refractivity (Wildman–Crippen MR) is 75.9 cm³/mol. The lowest BCUT2D eigenvalue weighted by Gasteiger charge is -2.37. The Morgan fingerprint density at radius 2 is 2.00 bits per heavy atom. The Morgan fingerprint density at radius 3 is 2.63 bits per heavy atom. The molecule has 4 nitrogen and oxygen atoms in total. The molecule has 0 unspecified atom stereocenters. The molecule has 19 heavy (non-hydrogen) atoms. The summed E-state index contributed by atoms with van der Waals surface area (Å²) in [4.78, 5) is 11.4. The molecule has 0 fully saturated rings. The lowest BCUT2D eigenvalue weighted by molar-refractivity contribution is -0.0893. The van der Waals surface area contributed by atoms with E-state index in [-0.39, 0.29) is 5.91 Å². The van der Waals surface area contributed by atoms with E-state index in [2.05, 4.69) is 5.32 Å². The molecule has 5 heteroatoms. The number of hydrogen-bond donors (Lipinski definition) is 2. The minimum absolute atomic E-state index is 0.0145. The molecule has 0 radical (unpaired) electrons. The molecule has 102 valence electrons. The average Bonchev–Trinajstić information content (AvgIpc) is 2.67. The van der Waals surface area contributed by atoms with Crippen LogP contribution in [0.15, 0.2) is 18.2 Å². The summed E-state index contributed by atoms with van der Waals surface area (Å²) in [6, 6.07) is 5.70. The Morgan fingerprint density at radius 1 is 1.32 bits per heavy atom. The summed E-state index contributed by atoms with van der Waals surface area (Å²) < 4.78 is 5.81. The van der Waals surface area contributed by atoms with Crippen LogP contribution in [0.4, 0.5) is 0 Å². The first-order valence-corrected chi connectivity index (χ1v) is 6.47. The third kappa shape index (κ3) is 2.82. The van der Waals surface area contributed by atoms with Crippen molar-refractivity contribution in [3.05, 3.63) is 29.3 Å². The standard InChI is InChI=1S/C14H20BNO3/c1-13(2,18)14(3,4)19-15-10-5-6-11-9(7-10)8-16-12(11)17/h5-7,15,18H,8H2,1-4H3,(H,16,17). The van der Waals surface area contributed by atoms with Crippen molar-refractivity contribution < 1.29 is 14.6 Å². The highest BCUT2D eigenvalue weighted by atomic mass is 16.5. The lowest BCUT2D eigenvalue weighted by Crippen LogP contribution is -2.49. The molecule has 2 rings (SSSR count). The molecule has 0 aliphatic carbocycles. The van der Waals surface area contributed by atoms with Crippen LogP contribution in [0.25, 0.3) is 0 Å². The van der Waals surface area contributed by atoms with Gasteiger partial charge in [-0.1, -0.05) is 17.6 Å². The van der Waals surface area contributed by atoms with Crippen molar-refractivity contribution in [1.82, 2.24) is 5.32 Å². The van der Waals surface area contributed by atoms with E-state index in [0.29, 0.717) is 14.0 Å². The number of fused-ring (bicyclic) bond motifs is 1. The van der Waals surface area contributed by atoms with Gasteiger partial charge >= 0.3 is 7.48 Å². The van der Waals surface area contributed by atoms with Gasteiger partial charge in [0.25, 0.3) is 5.91 Å². The number of carbonyl (C=O) groups is 1. The fourth-order valence-corrected chi connectivity index (χ4v) is 1.82. The summed E-state index contributed by atoms with van der Waals surface area (Å²) in [7, 11) is 0.415. The quantitative estimate of drug-likeness (QED) is 0.775. The minimum Gasteiger partial charge on any atom is -0.427 e. The number of amides is 1. The van der Waals surface area contributed by atoms with E-state index in [1.54, 1.807) is 13.8 Å². The molecule has 1 aromatic carbocycles. The molecule has 0 aromatic heterocycles. The Kier molecular flexibility index (Phi) is 3.45. The summed E-state index contributed by atoms with van der Waals surface area (Å²) in [5, 5.41) is 12.8. The van der Waals surface area contributed by atoms with Gasteiger partial charge in [0.2, 0.25) is 0 Å². The van der Waals surface area contributed by atoms with E-state index < -0.39 is 11.2 Å². The molecule has 0 spiro atoms. The summed E-state index contributed by atoms with van der Waals surface area (Å²) in [5.74, 6) is -0.0145. The van der Waals surface area contributed by atoms with Gasteiger partial charge in [0.05, 0.1) is 11.2 Å². The van der Waals surface area contributed by atoms with Gasteiger partial charge in [-0.2, -0.15) is 0 Å². The Labute approximate surface area is 114 Å². The molecule has 0 bridgehead atoms. The molecule has 0 saturated heterocycles. The zero-order chi connectivity index (χ0) is 14.3. The van der Waals surface area contributed by atoms with Gasteiger partial charge in [-0.15, -0.1) is 0 Å². The van der Waals surface area contributed by atoms with Gasteiger partial charge in [-0.3, -0.25) is 4.79 Å². The van der Waals surface area contributed by atoms with E-state index in [1.807, 2.05) is 32.0 Å². The fraction of sp³-hybridized carbons (Fsp3) is 0.500. The Balaban J connectivity index is 2.08. The molecular weight excluding hydrogens is 241 g/mol. The zero-order valence-electron chi connectivity index (χ0n) is 11.9. The number of hydrogen-bond acceptors (Lipinski definition) is 3. The van der Waals surface area contributed by atoms with Crippen molar-refractivity contribution >= 4 is 18.9 Å². The molecule has 1 heterocycles. The van der Waals surface area contributed by atoms with Gasteiger partial charge in [-0.05, 0) is 39.3 Å². The van der Waals surface area contributed by atoms with Gasteiger partial charge < -0.3 is 15.1 Å². The van der Waals surface area contributed by atoms with Gasteiger partial charge in [-0.25, -0.2) is 0 Å². The monoisotopic (exact) mass is 261 g/mol. The van der Waals surface area contributed by atoms with E-state index in [1.165, 1.54) is 0 Å². The van der Waals surface area contributed by atoms with Crippen molar-refractivity contribution in [3.63, 3.8) is 0 Å². The van der Waals surface area contributed by atoms with Crippen molar-refractivity contribution in [2.75, 3.05) is 0 Å². The summed E-state index contributed by atoms with van der Waals surface area (Å²) in [6.07, 6.45) is 0. The third-order valence-electron chi connectivity index (χ3n) is 3.93. The number of carbonyl (C=O) groups excluding carboxylic acids is 1. The fourth-order valence-electron chi connectivity index (χ4n) is 1.82. The highest BCUT2D eigenvalue weighted by molar-refractivity contribution is 6.47. The average molecular weight is 261 g/mol. The maximum Gasteiger partial charge on any atom is 0.309 e. The predicted octanol–water partition coefficient (Wildman–Crippen LogP) is 0.473. The minimum atomic E-state index is -0.915. The largest absolute Gasteiger partial charge is 0.427 e. The van der Waals surface area contributed by atoms with Crippen LogP contribution in [0.3, 0.4) is 0 Å². The summed E-state index contributed by atoms with van der Waals surface area (Å²) in [6.45, 7) is 7.78. The van der Waals surface area contributed by atoms with Crippen molar-refractivity contribution in [2.24, 2.45) is 0 Å². The second-order valence-corrected chi connectivity index (χ2v) is 6.03. The molecule has 2 N–H and O–H groups in total. The number of aliphatic hydroxyl groups is 1. The van der Waals surface area contributed by atoms with Crippen molar-refractivity contribution in [3.8, 4) is 0 Å². The van der Waals surface area contributed by atoms with Gasteiger partial charge in [0.1, 0.15) is 0 Å². The second kappa shape index (κ2) is 4.65. The third-order valence-corrected chi connectivity index (χ3v) is 3.93. The Bertz CT molecular complexity index is 506. The Hall–Kier alpha value is -1.33. The molecule has 1 aromatic rings. The van der Waals surface area contributed by atoms with Crippen LogP contribution in [-0.4, -0.2) is 29.7 Å². The van der Waals surface area contributed by atoms with Crippen LogP contribution in [0.1, 0.15) is 43.6 Å². The zero-order valence-corrected chi connectivity index (χ0v) is 11.9. The highest BCUT2D eigenvalue weighted by Crippen LogP contribution is 2.24. The first-order valence-electron chi connectivity index (χ1n) is 6.47. The van der Waals surface area contributed by atoms with E-state index in [9.17, 15) is 9.90 Å². The number of rotatable bonds is 4. The van der Waals surface area contributed by atoms with Crippen LogP contribution in [0.5, 0.6) is 0 Å². The molecular formula is C14H20BNO3. The normalized spacial score (nSPS) is 15.1. The maximum atomic E-state index is 11.4. The van der Waals surface area contributed by atoms with E-state index in [4.69, 9.17) is 4.65 Å². The van der Waals surface area contributed by atoms with Crippen LogP contribution < -0.4 is 10.8 Å². The molecule has 1 aliphatic rings. The summed E-state index contributed by atoms with van der Waals surface area (Å²) >= 11 is 0. The van der Waals surface area contributed by atoms with Gasteiger partial charge in [0, 0.05) is 12.1 Å². The lowest BCUT2D eigenvalue weighted by atomic mass is 9.81. The maximum absolute atomic E-state index is 11.4. The topological polar surface area (TPSA) is 58.6 Å². The van der Waals surface area contributed by atoms with Gasteiger partial charge in [0.15, 0.2) is 0 Å². The van der Waals surface area contributed by atoms with E-state index >= 15 is 0 Å². The first kappa shape index (κ1) is 14.1. The molecule has 1 amide bonds. The first-order chi connectivity index (χ1) is 8.71. The molecule has 0 saturated carbocycles. The molecule has 0 atom stereocenters. The molecule has 1 aliphatic heterocycles. The van der Waals surface area contributed by atoms with Crippen molar-refractivity contribution in [1.29, 1.82) is 0 Å². The van der Waals surface area contributed by atoms with Crippen LogP contribution >= 0.6 is 0 Å². The van der Waals surface area contributed by atoms with E-state index in [0.717, 1.165) is 16.6 Å². The van der Waals surface area contributed by atoms with Crippen LogP contribution in [-0.2, 0) is 11.2 Å². The van der Waals surface area contributed by atoms with Crippen molar-refractivity contribution in [2.45, 2.75) is 45.4 Å². The smallest absolute Gasteiger partial charge is 0.309 e. The SMILES string of the molecule is CC(C)(O)C(C)(C)OBc1ccc2c(c1)CNC2=O. The number of benzene rings is 1. The number of nitrogens with one attached hydrogen (secondary N) is 1. The van der Waals surface area contributed by atoms with Crippen LogP contribution in [0, 0.1) is 0 Å². The highest BCUT2D eigenvalue weighted by Gasteiger charge is 2.35. The summed E-state index contributed by atoms with van der Waals surface area (Å²) in [5.41, 5.74) is 1.20. The van der Waals surface area contributed by atoms with Crippen LogP contribution in [0.2, 0.25) is 0 Å². The second-order valence-electron chi connectivity index (χ2n) is 6.03.